The number of hydrogen-bond donors (Lipinski definition) is 1. The lowest BCUT2D eigenvalue weighted by molar-refractivity contribution is -0.831. The molecule has 2 aliphatic rings. The van der Waals surface area contributed by atoms with Crippen LogP contribution in [0.5, 0.6) is 0 Å². The molecule has 0 radical (unpaired) electrons. The fraction of sp³-hybridized carbons (Fsp3) is 0.261. The lowest BCUT2D eigenvalue weighted by Crippen LogP contribution is -3.07. The second-order valence-corrected chi connectivity index (χ2v) is 8.32. The first-order valence-corrected chi connectivity index (χ1v) is 10.9. The van der Waals surface area contributed by atoms with Gasteiger partial charge in [0.05, 0.1) is 18.8 Å². The topological polar surface area (TPSA) is 54.2 Å². The van der Waals surface area contributed by atoms with Gasteiger partial charge in [0.2, 0.25) is 0 Å². The van der Waals surface area contributed by atoms with Crippen molar-refractivity contribution < 1.29 is 14.5 Å². The number of nitrogens with zero attached hydrogens (tertiary/aromatic N) is 2. The third-order valence-corrected chi connectivity index (χ3v) is 5.96. The number of nitrogens with one attached hydrogen (secondary N) is 1. The van der Waals surface area contributed by atoms with E-state index in [0.717, 1.165) is 18.7 Å². The molecule has 4 rings (SSSR count). The fourth-order valence-corrected chi connectivity index (χ4v) is 4.34. The first kappa shape index (κ1) is 20.7. The Hall–Kier alpha value is -2.54. The van der Waals surface area contributed by atoms with Gasteiger partial charge in [-0.05, 0) is 85.0 Å². The van der Waals surface area contributed by atoms with E-state index in [1.165, 1.54) is 41.2 Å². The summed E-state index contributed by atoms with van der Waals surface area (Å²) in [4.78, 5) is 32.1. The van der Waals surface area contributed by atoms with Crippen molar-refractivity contribution >= 4 is 58.7 Å². The van der Waals surface area contributed by atoms with E-state index in [4.69, 9.17) is 24.2 Å². The van der Waals surface area contributed by atoms with Crippen LogP contribution in [0.1, 0.15) is 31.2 Å². The number of benzene rings is 2. The normalized spacial score (nSPS) is 19.7. The van der Waals surface area contributed by atoms with Gasteiger partial charge in [0.25, 0.3) is 11.8 Å². The summed E-state index contributed by atoms with van der Waals surface area (Å²) in [6, 6.07) is 14.8. The summed E-state index contributed by atoms with van der Waals surface area (Å²) in [5.41, 5.74) is 2.49. The number of rotatable bonds is 3. The molecule has 1 fully saturated rings. The number of carbonyl (C=O) groups excluding carboxylic acids is 2. The Kier molecular flexibility index (Phi) is 6.27. The molecule has 2 heterocycles. The summed E-state index contributed by atoms with van der Waals surface area (Å²) >= 11 is 11.2. The molecule has 0 spiro atoms. The minimum atomic E-state index is -0.620. The lowest BCUT2D eigenvalue weighted by atomic mass is 10.1. The largest absolute Gasteiger partial charge is 0.742 e. The SMILES string of the molecule is O=C1N=C([S-])N(c2cccc(Cl)c2)C(=O)C1=Cc1ccc([NH+]2CCCCCC2)cc1. The second kappa shape index (κ2) is 9.08. The molecule has 2 aromatic carbocycles. The maximum absolute atomic E-state index is 13.1. The van der Waals surface area contributed by atoms with E-state index in [0.29, 0.717) is 10.7 Å². The summed E-state index contributed by atoms with van der Waals surface area (Å²) < 4.78 is 0. The standard InChI is InChI=1S/C23H22ClN3O2S/c24-17-6-5-7-19(15-17)27-22(29)20(21(28)25-23(27)30)14-16-8-10-18(11-9-16)26-12-3-1-2-4-13-26/h5-11,14-15H,1-4,12-13H2,(H,25,28,30). The molecule has 0 unspecified atom stereocenters. The van der Waals surface area contributed by atoms with Crippen molar-refractivity contribution in [2.24, 2.45) is 4.99 Å². The van der Waals surface area contributed by atoms with Gasteiger partial charge >= 0.3 is 0 Å². The average molecular weight is 440 g/mol. The Morgan fingerprint density at radius 3 is 2.37 bits per heavy atom. The number of anilines is 1. The first-order valence-electron chi connectivity index (χ1n) is 10.1. The number of hydrogen-bond acceptors (Lipinski definition) is 3. The Labute approximate surface area is 186 Å². The van der Waals surface area contributed by atoms with Crippen LogP contribution in [0, 0.1) is 0 Å². The molecular formula is C23H22ClN3O2S. The van der Waals surface area contributed by atoms with Crippen LogP contribution in [0.25, 0.3) is 6.08 Å². The molecule has 154 valence electrons. The van der Waals surface area contributed by atoms with Crippen molar-refractivity contribution in [3.8, 4) is 0 Å². The number of quaternary nitrogens is 1. The fourth-order valence-electron chi connectivity index (χ4n) is 3.89. The first-order chi connectivity index (χ1) is 14.5. The maximum atomic E-state index is 13.1. The summed E-state index contributed by atoms with van der Waals surface area (Å²) in [7, 11) is 0. The van der Waals surface area contributed by atoms with Gasteiger partial charge in [-0.25, -0.2) is 4.99 Å². The molecule has 30 heavy (non-hydrogen) atoms. The number of halogens is 1. The van der Waals surface area contributed by atoms with Crippen LogP contribution in [0.4, 0.5) is 11.4 Å². The highest BCUT2D eigenvalue weighted by molar-refractivity contribution is 7.78. The monoisotopic (exact) mass is 439 g/mol. The zero-order valence-electron chi connectivity index (χ0n) is 16.4. The van der Waals surface area contributed by atoms with Crippen LogP contribution in [-0.4, -0.2) is 30.1 Å². The van der Waals surface area contributed by atoms with Crippen molar-refractivity contribution in [1.29, 1.82) is 0 Å². The number of carbonyl (C=O) groups is 2. The van der Waals surface area contributed by atoms with Gasteiger partial charge in [-0.2, -0.15) is 0 Å². The molecule has 0 aromatic heterocycles. The molecule has 1 N–H and O–H groups in total. The maximum Gasteiger partial charge on any atom is 0.282 e. The number of amides is 2. The second-order valence-electron chi connectivity index (χ2n) is 7.52. The molecule has 0 saturated carbocycles. The van der Waals surface area contributed by atoms with E-state index in [1.807, 2.05) is 12.1 Å². The lowest BCUT2D eigenvalue weighted by Gasteiger charge is -2.32. The quantitative estimate of drug-likeness (QED) is 0.453. The van der Waals surface area contributed by atoms with Gasteiger partial charge in [0, 0.05) is 5.02 Å². The Morgan fingerprint density at radius 2 is 1.70 bits per heavy atom. The number of aliphatic imine (C=N–C) groups is 1. The van der Waals surface area contributed by atoms with Gasteiger partial charge in [-0.15, -0.1) is 0 Å². The van der Waals surface area contributed by atoms with E-state index < -0.39 is 11.8 Å². The third-order valence-electron chi connectivity index (χ3n) is 5.46. The predicted octanol–water partition coefficient (Wildman–Crippen LogP) is 3.29. The molecule has 1 saturated heterocycles. The van der Waals surface area contributed by atoms with Crippen LogP contribution < -0.4 is 9.80 Å². The molecule has 5 nitrogen and oxygen atoms in total. The third kappa shape index (κ3) is 4.46. The van der Waals surface area contributed by atoms with Gasteiger partial charge in [0.1, 0.15) is 11.3 Å². The highest BCUT2D eigenvalue weighted by atomic mass is 35.5. The summed E-state index contributed by atoms with van der Waals surface area (Å²) in [6.45, 7) is 2.28. The van der Waals surface area contributed by atoms with E-state index in [9.17, 15) is 9.59 Å². The van der Waals surface area contributed by atoms with Crippen LogP contribution in [-0.2, 0) is 22.2 Å². The highest BCUT2D eigenvalue weighted by Gasteiger charge is 2.29. The van der Waals surface area contributed by atoms with Crippen molar-refractivity contribution in [3.05, 3.63) is 64.7 Å². The molecule has 0 atom stereocenters. The van der Waals surface area contributed by atoms with Crippen molar-refractivity contribution in [3.63, 3.8) is 0 Å². The zero-order valence-corrected chi connectivity index (χ0v) is 18.0. The molecule has 7 heteroatoms. The molecule has 0 aliphatic carbocycles. The molecular weight excluding hydrogens is 418 g/mol. The minimum Gasteiger partial charge on any atom is -0.742 e. The van der Waals surface area contributed by atoms with Crippen LogP contribution >= 0.6 is 11.6 Å². The smallest absolute Gasteiger partial charge is 0.282 e. The number of amidine groups is 1. The van der Waals surface area contributed by atoms with Gasteiger partial charge < -0.3 is 17.5 Å². The van der Waals surface area contributed by atoms with E-state index >= 15 is 0 Å². The van der Waals surface area contributed by atoms with Gasteiger partial charge in [-0.3, -0.25) is 14.5 Å². The zero-order chi connectivity index (χ0) is 21.1. The molecule has 2 amide bonds. The van der Waals surface area contributed by atoms with E-state index in [-0.39, 0.29) is 10.7 Å². The molecule has 2 aromatic rings. The van der Waals surface area contributed by atoms with Gasteiger partial charge in [0.15, 0.2) is 0 Å². The van der Waals surface area contributed by atoms with Crippen molar-refractivity contribution in [2.75, 3.05) is 18.0 Å². The average Bonchev–Trinajstić information content (AvgIpc) is 3.01. The Morgan fingerprint density at radius 1 is 1.00 bits per heavy atom. The van der Waals surface area contributed by atoms with Crippen LogP contribution in [0.3, 0.4) is 0 Å². The van der Waals surface area contributed by atoms with Gasteiger partial charge in [-0.1, -0.05) is 17.7 Å². The Bertz CT molecular complexity index is 1020. The predicted molar refractivity (Wildman–Crippen MR) is 122 cm³/mol. The summed E-state index contributed by atoms with van der Waals surface area (Å²) in [5.74, 6) is -1.12. The summed E-state index contributed by atoms with van der Waals surface area (Å²) in [5, 5.41) is 0.390. The highest BCUT2D eigenvalue weighted by Crippen LogP contribution is 2.25. The van der Waals surface area contributed by atoms with E-state index in [1.54, 1.807) is 30.3 Å². The molecule has 2 aliphatic heterocycles. The minimum absolute atomic E-state index is 0.0153. The summed E-state index contributed by atoms with van der Waals surface area (Å²) in [6.07, 6.45) is 6.66. The van der Waals surface area contributed by atoms with Crippen molar-refractivity contribution in [1.82, 2.24) is 0 Å². The van der Waals surface area contributed by atoms with Crippen molar-refractivity contribution in [2.45, 2.75) is 25.7 Å². The van der Waals surface area contributed by atoms with E-state index in [2.05, 4.69) is 17.1 Å². The Balaban J connectivity index is 1.61. The van der Waals surface area contributed by atoms with Crippen LogP contribution in [0.15, 0.2) is 59.1 Å². The molecule has 0 bridgehead atoms. The van der Waals surface area contributed by atoms with Crippen LogP contribution in [0.2, 0.25) is 5.02 Å².